The number of esters is 5. The van der Waals surface area contributed by atoms with Crippen molar-refractivity contribution in [2.45, 2.75) is 130 Å². The molecule has 9 saturated heterocycles. The Morgan fingerprint density at radius 1 is 0.480 bits per heavy atom. The van der Waals surface area contributed by atoms with E-state index in [-0.39, 0.29) is 103 Å². The Hall–Kier alpha value is -13.1. The van der Waals surface area contributed by atoms with Crippen molar-refractivity contribution in [1.82, 2.24) is 109 Å². The third kappa shape index (κ3) is 59.9. The molecule has 0 radical (unpaired) electrons. The number of likely N-dealkylation sites (tertiary alicyclic amines) is 4. The molecule has 13 rings (SSSR count). The van der Waals surface area contributed by atoms with Gasteiger partial charge >= 0.3 is 90.5 Å². The van der Waals surface area contributed by atoms with Gasteiger partial charge in [0.2, 0.25) is 0 Å². The quantitative estimate of drug-likeness (QED) is 0.0356. The number of aromatic amines is 1. The first-order chi connectivity index (χ1) is 71.5. The molecule has 0 bridgehead atoms. The zero-order valence-corrected chi connectivity index (χ0v) is 90.8. The average molecular weight is 2140 g/mol. The Morgan fingerprint density at radius 2 is 0.900 bits per heavy atom. The molecule has 3 aromatic heterocycles. The maximum atomic E-state index is 11.3. The summed E-state index contributed by atoms with van der Waals surface area (Å²) in [6.45, 7) is 41.1. The number of hydrogen-bond acceptors (Lipinski definition) is 43. The highest BCUT2D eigenvalue weighted by Crippen LogP contribution is 2.25. The van der Waals surface area contributed by atoms with E-state index in [4.69, 9.17) is 34.6 Å². The first kappa shape index (κ1) is 135. The van der Waals surface area contributed by atoms with Gasteiger partial charge in [0.1, 0.15) is 12.7 Å². The number of amides is 8. The second-order valence-corrected chi connectivity index (χ2v) is 35.7. The zero-order chi connectivity index (χ0) is 112. The van der Waals surface area contributed by atoms with Crippen molar-refractivity contribution >= 4 is 90.5 Å². The summed E-state index contributed by atoms with van der Waals surface area (Å²) < 4.78 is 65.6. The van der Waals surface area contributed by atoms with E-state index in [1.807, 2.05) is 62.3 Å². The number of aromatic nitrogens is 8. The summed E-state index contributed by atoms with van der Waals surface area (Å²) in [6, 6.07) is 6.44. The van der Waals surface area contributed by atoms with Crippen LogP contribution in [0.5, 0.6) is 0 Å². The number of nitrogens with one attached hydrogen (secondary N) is 1. The zero-order valence-electron chi connectivity index (χ0n) is 90.8. The summed E-state index contributed by atoms with van der Waals surface area (Å²) >= 11 is 0. The molecule has 852 valence electrons. The molecule has 10 aliphatic heterocycles. The molecule has 13 heterocycles. The lowest BCUT2D eigenvalue weighted by molar-refractivity contribution is -0.150. The molecule has 9 fully saturated rings. The molecule has 10 aliphatic rings. The fourth-order valence-corrected chi connectivity index (χ4v) is 14.0. The van der Waals surface area contributed by atoms with Crippen molar-refractivity contribution in [3.8, 4) is 0 Å². The molecule has 0 spiro atoms. The van der Waals surface area contributed by atoms with Gasteiger partial charge in [-0.2, -0.15) is 5.21 Å². The summed E-state index contributed by atoms with van der Waals surface area (Å²) in [5.74, 6) is -1.62. The van der Waals surface area contributed by atoms with Crippen LogP contribution in [0.2, 0.25) is 0 Å². The average Bonchev–Trinajstić information content (AvgIpc) is 1.74. The van der Waals surface area contributed by atoms with Crippen molar-refractivity contribution in [2.24, 2.45) is 11.3 Å². The highest BCUT2D eigenvalue weighted by molar-refractivity contribution is 5.90. The topological polar surface area (TPSA) is 610 Å². The van der Waals surface area contributed by atoms with Crippen LogP contribution >= 0.6 is 0 Å². The van der Waals surface area contributed by atoms with Crippen LogP contribution in [-0.2, 0) is 120 Å². The molecular formula is C95H164N22O33. The number of aliphatic hydroxyl groups is 2. The largest absolute Gasteiger partial charge is 0.481 e. The van der Waals surface area contributed by atoms with Crippen molar-refractivity contribution in [3.63, 3.8) is 0 Å². The number of hydrogen-bond donors (Lipinski definition) is 5. The van der Waals surface area contributed by atoms with Crippen molar-refractivity contribution in [3.05, 3.63) is 72.9 Å². The van der Waals surface area contributed by atoms with Gasteiger partial charge in [-0.05, 0) is 69.3 Å². The van der Waals surface area contributed by atoms with Crippen LogP contribution in [-0.4, -0.2) is 541 Å². The van der Waals surface area contributed by atoms with E-state index in [0.29, 0.717) is 115 Å². The minimum atomic E-state index is -1.17. The lowest BCUT2D eigenvalue weighted by atomic mass is 9.93. The minimum absolute atomic E-state index is 0.0487. The number of methoxy groups -OCH3 is 13. The first-order valence-electron chi connectivity index (χ1n) is 48.9. The number of allylic oxidation sites excluding steroid dienone is 2. The number of H-pyrrole nitrogens is 1. The predicted octanol–water partition coefficient (Wildman–Crippen LogP) is 3.32. The molecule has 0 saturated carbocycles. The second-order valence-electron chi connectivity index (χ2n) is 35.7. The lowest BCUT2D eigenvalue weighted by Crippen LogP contribution is -2.62. The number of piperazine rings is 4. The van der Waals surface area contributed by atoms with Crippen LogP contribution in [0.1, 0.15) is 116 Å². The summed E-state index contributed by atoms with van der Waals surface area (Å²) in [5.41, 5.74) is 1.12. The number of aliphatic hydroxyl groups excluding tert-OH is 2. The number of pyridine rings is 1. The van der Waals surface area contributed by atoms with E-state index in [1.165, 1.54) is 129 Å². The van der Waals surface area contributed by atoms with Crippen molar-refractivity contribution in [1.29, 1.82) is 0 Å². The number of aliphatic carboxylic acids is 2. The Morgan fingerprint density at radius 3 is 1.28 bits per heavy atom. The van der Waals surface area contributed by atoms with E-state index in [0.717, 1.165) is 162 Å². The van der Waals surface area contributed by atoms with E-state index >= 15 is 0 Å². The summed E-state index contributed by atoms with van der Waals surface area (Å²) in [6.07, 6.45) is 10.1. The number of β-amino-alcohol motifs (C(OH)–C–C–N with tert-alkyl or cyclic N) is 1. The van der Waals surface area contributed by atoms with Crippen LogP contribution in [0.15, 0.2) is 55.5 Å². The smallest absolute Gasteiger partial charge is 0.409 e. The number of carbonyl (C=O) groups is 15. The van der Waals surface area contributed by atoms with Gasteiger partial charge in [0.05, 0.1) is 156 Å². The van der Waals surface area contributed by atoms with Gasteiger partial charge in [0, 0.05) is 214 Å². The number of morpholine rings is 1. The number of fused-ring (bicyclic) bond motifs is 1. The normalized spacial score (nSPS) is 16.5. The predicted molar refractivity (Wildman–Crippen MR) is 539 cm³/mol. The van der Waals surface area contributed by atoms with Crippen LogP contribution < -0.4 is 0 Å². The number of carbonyl (C=O) groups excluding carboxylic acids is 13. The van der Waals surface area contributed by atoms with E-state index in [1.54, 1.807) is 52.9 Å². The maximum absolute atomic E-state index is 11.3. The SMILES string of the molecule is C=CCCC(=O)OC.COC(=O)CC(=O)O.COC(=O)CC(C)(C)C.COC(=O)CC(C)C.COC(=O)CC/C=C/C(=O)O.COC(=O)N1CC(N2CCOCC2)C1.COC(=O)N1CC(O)C1.COC(=O)N1CC(c2nn[nH]n2)C1.COC(=O)N1CCN(C)CC1.COC(=O)N1CCN(CCN2CCCC2)CC1.COC(=O)N1CCN(CO)CC1.COC(=O)N1CCN(Cc2ccccn2)CC1.COC(=O)N1CCn2cnnc2C1. The Kier molecular flexibility index (Phi) is 71.1. The molecule has 3 aromatic rings. The number of nitrogens with zero attached hydrogens (tertiary/aromatic N) is 21. The number of rotatable bonds is 20. The van der Waals surface area contributed by atoms with Gasteiger partial charge in [0.15, 0.2) is 11.6 Å². The number of likely N-dealkylation sites (N-methyl/N-ethyl adjacent to an activating group) is 1. The Balaban J connectivity index is 0.000000819. The van der Waals surface area contributed by atoms with Crippen molar-refractivity contribution < 1.29 is 159 Å². The van der Waals surface area contributed by atoms with Gasteiger partial charge in [-0.15, -0.1) is 27.0 Å². The summed E-state index contributed by atoms with van der Waals surface area (Å²) in [4.78, 5) is 191. The maximum Gasteiger partial charge on any atom is 0.409 e. The number of carboxylic acid groups (broad SMARTS) is 2. The molecule has 0 atom stereocenters. The molecular weight excluding hydrogens is 1980 g/mol. The number of ether oxygens (including phenoxy) is 14. The number of tetrazole rings is 1. The van der Waals surface area contributed by atoms with E-state index < -0.39 is 24.3 Å². The first-order valence-corrected chi connectivity index (χ1v) is 48.9. The van der Waals surface area contributed by atoms with Crippen LogP contribution in [0.4, 0.5) is 38.4 Å². The monoisotopic (exact) mass is 2140 g/mol. The van der Waals surface area contributed by atoms with Crippen LogP contribution in [0.3, 0.4) is 0 Å². The lowest BCUT2D eigenvalue weighted by Gasteiger charge is -2.45. The van der Waals surface area contributed by atoms with Gasteiger partial charge in [0.25, 0.3) is 0 Å². The fourth-order valence-electron chi connectivity index (χ4n) is 14.0. The minimum Gasteiger partial charge on any atom is -0.481 e. The van der Waals surface area contributed by atoms with Gasteiger partial charge in [-0.25, -0.2) is 43.2 Å². The van der Waals surface area contributed by atoms with E-state index in [9.17, 15) is 71.9 Å². The van der Waals surface area contributed by atoms with Crippen LogP contribution in [0, 0.1) is 11.3 Å². The highest BCUT2D eigenvalue weighted by atomic mass is 16.6. The Bertz CT molecular complexity index is 4350. The highest BCUT2D eigenvalue weighted by Gasteiger charge is 2.38. The summed E-state index contributed by atoms with van der Waals surface area (Å²) in [5, 5.41) is 54.6. The summed E-state index contributed by atoms with van der Waals surface area (Å²) in [7, 11) is 19.8. The van der Waals surface area contributed by atoms with Gasteiger partial charge in [-0.1, -0.05) is 58.1 Å². The number of carboxylic acids is 2. The molecule has 0 unspecified atom stereocenters. The fraction of sp³-hybridized carbons (Fsp3) is 0.716. The third-order valence-corrected chi connectivity index (χ3v) is 22.9. The van der Waals surface area contributed by atoms with Crippen LogP contribution in [0.25, 0.3) is 0 Å². The van der Waals surface area contributed by atoms with Crippen molar-refractivity contribution in [2.75, 3.05) is 309 Å². The molecule has 5 N–H and O–H groups in total. The Labute approximate surface area is 878 Å². The standard InChI is InChI=1S/C12H17N3O2.C12H23N3O2.C9H16N2O3.C7H10N4O2.C7H14N2O3.C7H14N2O2.C7H10O4.C7H14O2.C6H9N5O2.C6H12O2.C6H10O2.C5H9NO3.C4H6O4/c1-17-12(16)15-8-6-14(7-9-15)10-11-4-2-3-5-13-11;1-17-12(16)15-10-8-14(9-11-15)7-6-13-4-2-3-5-13;1-13-9(12)11-6-8(7-11)10-2-4-14-5-3-10;1-13-7(12)10-2-3-11-5-8-9-6(11)4-10;1-12-7(11)9-4-2-8(6-10)3-5-9;1-8-3-5-9(6-4-8)7(10)11-2;1-11-7(10)5-3-2-4-6(8)9;1-7(2,3)5-6(8)9-4;1-13-6(12)11-2-4(3-11)5-7-9-10-8-5;1-5(2)4-6(7)8-3;1-3-4-5-6(7)8-2;1-9-5(8)6-2-4(7)3-6;1-8-4(7)2-3(5)6/h2-5H,6-10H2,1H3;2-11H2,1H3;8H,2-7H2,1H3;5H,2-4H2,1H3;10H,2-6H2,1H3;3-6H2,1-2H3;2,4H,3,5H2,1H3,(H,8,9);5H2,1-4H3;4H,2-3H2,1H3,(H,7,8,9,10);5H,4H2,1-3H3;3H,1,4-5H2,2H3;4,7H,2-3H2,1H3;2H2,1H3,(H,5,6)/b;;;;;;4-2+;;;;;;. The third-order valence-electron chi connectivity index (χ3n) is 22.9. The molecule has 0 aliphatic carbocycles. The molecule has 150 heavy (non-hydrogen) atoms. The molecule has 8 amide bonds. The molecule has 55 heteroatoms. The molecule has 0 aromatic carbocycles. The molecule has 55 nitrogen and oxygen atoms in total. The van der Waals surface area contributed by atoms with E-state index in [2.05, 4.69) is 126 Å². The van der Waals surface area contributed by atoms with Gasteiger partial charge in [-0.3, -0.25) is 58.3 Å². The second kappa shape index (κ2) is 79.1. The van der Waals surface area contributed by atoms with Gasteiger partial charge < -0.3 is 135 Å².